The Morgan fingerprint density at radius 2 is 1.73 bits per heavy atom. The third-order valence-electron chi connectivity index (χ3n) is 7.18. The zero-order valence-electron chi connectivity index (χ0n) is 23.8. The second-order valence-electron chi connectivity index (χ2n) is 10.3. The fourth-order valence-corrected chi connectivity index (χ4v) is 5.15. The zero-order valence-corrected chi connectivity index (χ0v) is 23.8. The van der Waals surface area contributed by atoms with E-state index in [-0.39, 0.29) is 49.7 Å². The maximum absolute atomic E-state index is 11.9. The summed E-state index contributed by atoms with van der Waals surface area (Å²) >= 11 is 0. The monoisotopic (exact) mass is 564 g/mol. The van der Waals surface area contributed by atoms with Crippen LogP contribution < -0.4 is 0 Å². The van der Waals surface area contributed by atoms with Crippen LogP contribution in [0.3, 0.4) is 0 Å². The lowest BCUT2D eigenvalue weighted by atomic mass is 9.85. The Kier molecular flexibility index (Phi) is 17.4. The molecule has 0 bridgehead atoms. The first-order valence-electron chi connectivity index (χ1n) is 14.5. The van der Waals surface area contributed by atoms with Crippen molar-refractivity contribution in [2.45, 2.75) is 83.0 Å². The summed E-state index contributed by atoms with van der Waals surface area (Å²) in [5, 5.41) is 29.9. The number of esters is 2. The Morgan fingerprint density at radius 3 is 2.45 bits per heavy atom. The lowest BCUT2D eigenvalue weighted by Crippen LogP contribution is -2.26. The first-order valence-corrected chi connectivity index (χ1v) is 14.5. The van der Waals surface area contributed by atoms with Gasteiger partial charge in [0.1, 0.15) is 12.7 Å². The molecule has 0 amide bonds. The topological polar surface area (TPSA) is 132 Å². The Morgan fingerprint density at radius 1 is 1.00 bits per heavy atom. The van der Waals surface area contributed by atoms with Crippen molar-refractivity contribution in [2.75, 3.05) is 39.6 Å². The molecule has 0 aliphatic heterocycles. The summed E-state index contributed by atoms with van der Waals surface area (Å²) in [5.74, 6) is -0.698. The van der Waals surface area contributed by atoms with Gasteiger partial charge in [0.2, 0.25) is 0 Å². The van der Waals surface area contributed by atoms with E-state index in [1.165, 1.54) is 12.5 Å². The Labute approximate surface area is 238 Å². The van der Waals surface area contributed by atoms with Crippen LogP contribution in [0.2, 0.25) is 0 Å². The molecule has 2 rings (SSSR count). The highest BCUT2D eigenvalue weighted by atomic mass is 16.6. The van der Waals surface area contributed by atoms with Crippen LogP contribution >= 0.6 is 0 Å². The van der Waals surface area contributed by atoms with Crippen LogP contribution in [0, 0.1) is 11.8 Å². The highest BCUT2D eigenvalue weighted by Crippen LogP contribution is 2.40. The molecule has 1 fully saturated rings. The summed E-state index contributed by atoms with van der Waals surface area (Å²) in [6.45, 7) is 2.91. The van der Waals surface area contributed by atoms with Gasteiger partial charge in [0.05, 0.1) is 45.2 Å². The number of benzene rings is 1. The van der Waals surface area contributed by atoms with Gasteiger partial charge in [-0.25, -0.2) is 0 Å². The number of rotatable bonds is 21. The second kappa shape index (κ2) is 20.6. The fourth-order valence-electron chi connectivity index (χ4n) is 5.15. The predicted molar refractivity (Wildman–Crippen MR) is 150 cm³/mol. The van der Waals surface area contributed by atoms with Crippen molar-refractivity contribution in [3.05, 3.63) is 48.0 Å². The molecule has 9 heteroatoms. The highest BCUT2D eigenvalue weighted by molar-refractivity contribution is 5.69. The molecule has 1 aliphatic rings. The largest absolute Gasteiger partial charge is 0.463 e. The Bertz CT molecular complexity index is 844. The molecule has 0 saturated heterocycles. The van der Waals surface area contributed by atoms with Crippen LogP contribution in [-0.2, 0) is 35.0 Å². The van der Waals surface area contributed by atoms with Crippen molar-refractivity contribution in [3.8, 4) is 0 Å². The van der Waals surface area contributed by atoms with Crippen LogP contribution in [0.25, 0.3) is 0 Å². The van der Waals surface area contributed by atoms with E-state index in [0.717, 1.165) is 6.42 Å². The van der Waals surface area contributed by atoms with Crippen molar-refractivity contribution in [3.63, 3.8) is 0 Å². The van der Waals surface area contributed by atoms with Gasteiger partial charge < -0.3 is 34.3 Å². The van der Waals surface area contributed by atoms with Gasteiger partial charge in [0.25, 0.3) is 0 Å². The lowest BCUT2D eigenvalue weighted by molar-refractivity contribution is -0.148. The molecular formula is C31H48O9. The lowest BCUT2D eigenvalue weighted by Gasteiger charge is -2.25. The molecule has 1 aromatic rings. The van der Waals surface area contributed by atoms with Crippen molar-refractivity contribution >= 4 is 11.9 Å². The number of unbranched alkanes of at least 4 members (excludes halogenated alkanes) is 1. The summed E-state index contributed by atoms with van der Waals surface area (Å²) in [7, 11) is 0. The zero-order chi connectivity index (χ0) is 29.0. The SMILES string of the molecule is CC(=O)O[C@H]1C[C@@H](O)[C@H](CC[C@@H](O)CCc2ccccc2)[C@H]1C/C=C\CCCC(=O)OCCOCCOCCO. The molecule has 0 radical (unpaired) electrons. The number of carbonyl (C=O) groups is 2. The van der Waals surface area contributed by atoms with Gasteiger partial charge in [-0.3, -0.25) is 9.59 Å². The molecule has 0 heterocycles. The fraction of sp³-hybridized carbons (Fsp3) is 0.677. The minimum Gasteiger partial charge on any atom is -0.463 e. The van der Waals surface area contributed by atoms with Gasteiger partial charge in [-0.05, 0) is 56.4 Å². The number of ether oxygens (including phenoxy) is 4. The second-order valence-corrected chi connectivity index (χ2v) is 10.3. The first-order chi connectivity index (χ1) is 19.4. The molecule has 9 nitrogen and oxygen atoms in total. The van der Waals surface area contributed by atoms with E-state index in [1.54, 1.807) is 0 Å². The van der Waals surface area contributed by atoms with E-state index < -0.39 is 12.2 Å². The van der Waals surface area contributed by atoms with E-state index in [4.69, 9.17) is 24.1 Å². The van der Waals surface area contributed by atoms with Gasteiger partial charge in [-0.2, -0.15) is 0 Å². The first kappa shape index (κ1) is 33.9. The number of aliphatic hydroxyl groups is 3. The summed E-state index contributed by atoms with van der Waals surface area (Å²) in [6.07, 6.45) is 8.16. The molecule has 3 N–H and O–H groups in total. The van der Waals surface area contributed by atoms with E-state index in [1.807, 2.05) is 30.4 Å². The molecule has 0 aromatic heterocycles. The number of aryl methyl sites for hydroxylation is 1. The summed E-state index contributed by atoms with van der Waals surface area (Å²) in [5.41, 5.74) is 1.19. The van der Waals surface area contributed by atoms with E-state index in [9.17, 15) is 19.8 Å². The van der Waals surface area contributed by atoms with Crippen molar-refractivity contribution in [1.29, 1.82) is 0 Å². The van der Waals surface area contributed by atoms with Crippen molar-refractivity contribution < 1.29 is 43.9 Å². The number of hydrogen-bond acceptors (Lipinski definition) is 9. The average Bonchev–Trinajstić information content (AvgIpc) is 3.22. The Balaban J connectivity index is 1.68. The summed E-state index contributed by atoms with van der Waals surface area (Å²) in [4.78, 5) is 23.5. The van der Waals surface area contributed by atoms with Crippen molar-refractivity contribution in [1.82, 2.24) is 0 Å². The minimum atomic E-state index is -0.573. The predicted octanol–water partition coefficient (Wildman–Crippen LogP) is 3.37. The average molecular weight is 565 g/mol. The van der Waals surface area contributed by atoms with Gasteiger partial charge in [0, 0.05) is 25.7 Å². The maximum atomic E-state index is 11.9. The van der Waals surface area contributed by atoms with Crippen molar-refractivity contribution in [2.24, 2.45) is 11.8 Å². The van der Waals surface area contributed by atoms with Gasteiger partial charge >= 0.3 is 11.9 Å². The molecular weight excluding hydrogens is 516 g/mol. The summed E-state index contributed by atoms with van der Waals surface area (Å²) < 4.78 is 21.1. The quantitative estimate of drug-likeness (QED) is 0.117. The minimum absolute atomic E-state index is 0.0181. The van der Waals surface area contributed by atoms with E-state index in [0.29, 0.717) is 71.2 Å². The number of aliphatic hydroxyl groups excluding tert-OH is 3. The van der Waals surface area contributed by atoms with Crippen LogP contribution in [0.4, 0.5) is 0 Å². The molecule has 0 unspecified atom stereocenters. The van der Waals surface area contributed by atoms with Crippen LogP contribution in [0.15, 0.2) is 42.5 Å². The molecule has 5 atom stereocenters. The van der Waals surface area contributed by atoms with Crippen LogP contribution in [-0.4, -0.2) is 85.2 Å². The Hall–Kier alpha value is -2.30. The smallest absolute Gasteiger partial charge is 0.305 e. The van der Waals surface area contributed by atoms with Crippen LogP contribution in [0.1, 0.15) is 63.9 Å². The molecule has 1 aromatic carbocycles. The normalized spacial score (nSPS) is 21.5. The molecule has 1 saturated carbocycles. The third-order valence-corrected chi connectivity index (χ3v) is 7.18. The van der Waals surface area contributed by atoms with E-state index in [2.05, 4.69) is 12.1 Å². The van der Waals surface area contributed by atoms with Gasteiger partial charge in [0.15, 0.2) is 0 Å². The molecule has 226 valence electrons. The maximum Gasteiger partial charge on any atom is 0.305 e. The number of hydrogen-bond donors (Lipinski definition) is 3. The number of allylic oxidation sites excluding steroid dienone is 2. The molecule has 40 heavy (non-hydrogen) atoms. The standard InChI is InChI=1S/C31H48O9/c1-24(33)40-30-23-29(35)27(16-15-26(34)14-13-25-9-5-4-6-10-25)28(30)11-7-2-3-8-12-31(36)39-22-21-38-20-19-37-18-17-32/h2,4-7,9-10,26-30,32,34-35H,3,8,11-23H2,1H3/b7-2-/t26-,27+,28+,29+,30-/m0/s1. The number of carbonyl (C=O) groups excluding carboxylic acids is 2. The highest BCUT2D eigenvalue weighted by Gasteiger charge is 2.43. The molecule has 1 aliphatic carbocycles. The summed E-state index contributed by atoms with van der Waals surface area (Å²) in [6, 6.07) is 10.1. The molecule has 0 spiro atoms. The van der Waals surface area contributed by atoms with Gasteiger partial charge in [-0.1, -0.05) is 42.5 Å². The third kappa shape index (κ3) is 14.4. The van der Waals surface area contributed by atoms with Gasteiger partial charge in [-0.15, -0.1) is 0 Å². The van der Waals surface area contributed by atoms with E-state index >= 15 is 0 Å². The van der Waals surface area contributed by atoms with Crippen LogP contribution in [0.5, 0.6) is 0 Å².